The number of nitrogens with one attached hydrogen (secondary N) is 2. The first-order chi connectivity index (χ1) is 13.3. The molecule has 1 saturated carbocycles. The molecule has 0 radical (unpaired) electrons. The zero-order chi connectivity index (χ0) is 18.5. The van der Waals surface area contributed by atoms with Gasteiger partial charge in [0.2, 0.25) is 0 Å². The van der Waals surface area contributed by atoms with E-state index in [2.05, 4.69) is 61.6 Å². The molecular formula is C22H27N5. The maximum Gasteiger partial charge on any atom is 0.191 e. The lowest BCUT2D eigenvalue weighted by atomic mass is 10.1. The van der Waals surface area contributed by atoms with E-state index in [-0.39, 0.29) is 0 Å². The average molecular weight is 361 g/mol. The summed E-state index contributed by atoms with van der Waals surface area (Å²) in [6.45, 7) is 1.61. The van der Waals surface area contributed by atoms with Gasteiger partial charge in [-0.25, -0.2) is 4.98 Å². The van der Waals surface area contributed by atoms with Gasteiger partial charge in [-0.05, 0) is 36.1 Å². The molecule has 140 valence electrons. The summed E-state index contributed by atoms with van der Waals surface area (Å²) in [5.74, 6) is 0.899. The van der Waals surface area contributed by atoms with Crippen LogP contribution in [-0.2, 0) is 13.1 Å². The van der Waals surface area contributed by atoms with Crippen molar-refractivity contribution in [3.8, 4) is 0 Å². The number of rotatable bonds is 5. The Morgan fingerprint density at radius 3 is 2.59 bits per heavy atom. The monoisotopic (exact) mass is 361 g/mol. The van der Waals surface area contributed by atoms with Crippen molar-refractivity contribution in [2.24, 2.45) is 4.99 Å². The number of guanidine groups is 1. The summed E-state index contributed by atoms with van der Waals surface area (Å²) in [5, 5.41) is 6.95. The van der Waals surface area contributed by atoms with Crippen molar-refractivity contribution in [1.29, 1.82) is 0 Å². The van der Waals surface area contributed by atoms with E-state index in [1.165, 1.54) is 42.3 Å². The van der Waals surface area contributed by atoms with Gasteiger partial charge in [0, 0.05) is 26.2 Å². The summed E-state index contributed by atoms with van der Waals surface area (Å²) >= 11 is 0. The number of hydrogen-bond acceptors (Lipinski definition) is 2. The average Bonchev–Trinajstić information content (AvgIpc) is 3.36. The van der Waals surface area contributed by atoms with E-state index in [1.54, 1.807) is 0 Å². The van der Waals surface area contributed by atoms with E-state index in [4.69, 9.17) is 0 Å². The van der Waals surface area contributed by atoms with Gasteiger partial charge in [-0.15, -0.1) is 0 Å². The normalized spacial score (nSPS) is 15.4. The van der Waals surface area contributed by atoms with Crippen LogP contribution in [0.4, 0.5) is 0 Å². The minimum atomic E-state index is 0.573. The highest BCUT2D eigenvalue weighted by molar-refractivity contribution is 5.80. The highest BCUT2D eigenvalue weighted by Gasteiger charge is 2.15. The molecule has 0 bridgehead atoms. The predicted octanol–water partition coefficient (Wildman–Crippen LogP) is 3.69. The smallest absolute Gasteiger partial charge is 0.191 e. The molecule has 2 aromatic carbocycles. The molecule has 0 atom stereocenters. The van der Waals surface area contributed by atoms with Crippen molar-refractivity contribution < 1.29 is 0 Å². The van der Waals surface area contributed by atoms with Crippen molar-refractivity contribution >= 4 is 17.0 Å². The summed E-state index contributed by atoms with van der Waals surface area (Å²) in [6.07, 6.45) is 7.06. The van der Waals surface area contributed by atoms with E-state index in [9.17, 15) is 0 Å². The molecule has 0 saturated heterocycles. The Kier molecular flexibility index (Phi) is 5.37. The third-order valence-electron chi connectivity index (χ3n) is 5.28. The van der Waals surface area contributed by atoms with Crippen LogP contribution >= 0.6 is 0 Å². The summed E-state index contributed by atoms with van der Waals surface area (Å²) in [6, 6.07) is 17.6. The van der Waals surface area contributed by atoms with Crippen molar-refractivity contribution in [1.82, 2.24) is 20.2 Å². The molecular weight excluding hydrogens is 334 g/mol. The lowest BCUT2D eigenvalue weighted by Gasteiger charge is -2.17. The number of para-hydroxylation sites is 2. The Labute approximate surface area is 160 Å². The van der Waals surface area contributed by atoms with Crippen molar-refractivity contribution in [2.45, 2.75) is 44.8 Å². The lowest BCUT2D eigenvalue weighted by molar-refractivity contribution is 0.613. The Bertz CT molecular complexity index is 904. The van der Waals surface area contributed by atoms with Crippen LogP contribution in [0.25, 0.3) is 11.0 Å². The number of fused-ring (bicyclic) bond motifs is 1. The Hall–Kier alpha value is -2.82. The molecule has 3 aromatic rings. The number of imidazole rings is 1. The molecule has 0 amide bonds. The molecule has 27 heavy (non-hydrogen) atoms. The molecule has 1 aliphatic rings. The van der Waals surface area contributed by atoms with Gasteiger partial charge in [0.05, 0.1) is 17.4 Å². The number of nitrogens with zero attached hydrogens (tertiary/aromatic N) is 3. The minimum Gasteiger partial charge on any atom is -0.354 e. The lowest BCUT2D eigenvalue weighted by Crippen LogP contribution is -2.41. The van der Waals surface area contributed by atoms with Crippen LogP contribution in [0.3, 0.4) is 0 Å². The van der Waals surface area contributed by atoms with E-state index in [1.807, 2.05) is 25.5 Å². The Morgan fingerprint density at radius 1 is 1.07 bits per heavy atom. The first-order valence-corrected chi connectivity index (χ1v) is 9.77. The van der Waals surface area contributed by atoms with Crippen LogP contribution in [-0.4, -0.2) is 28.6 Å². The summed E-state index contributed by atoms with van der Waals surface area (Å²) in [4.78, 5) is 8.81. The Balaban J connectivity index is 1.34. The Morgan fingerprint density at radius 2 is 1.81 bits per heavy atom. The van der Waals surface area contributed by atoms with Gasteiger partial charge in [0.25, 0.3) is 0 Å². The van der Waals surface area contributed by atoms with Gasteiger partial charge in [-0.1, -0.05) is 49.2 Å². The second-order valence-electron chi connectivity index (χ2n) is 7.23. The molecule has 2 N–H and O–H groups in total. The maximum absolute atomic E-state index is 4.47. The van der Waals surface area contributed by atoms with Crippen LogP contribution in [0.5, 0.6) is 0 Å². The van der Waals surface area contributed by atoms with Crippen molar-refractivity contribution in [3.05, 3.63) is 66.0 Å². The van der Waals surface area contributed by atoms with Crippen LogP contribution < -0.4 is 10.6 Å². The number of benzene rings is 2. The molecule has 0 aliphatic heterocycles. The molecule has 5 heteroatoms. The zero-order valence-electron chi connectivity index (χ0n) is 15.9. The standard InChI is InChI=1S/C22H27N5/c1-23-22(26-19-6-2-3-7-19)24-14-17-10-12-18(13-11-17)15-27-16-25-20-8-4-5-9-21(20)27/h4-5,8-13,16,19H,2-3,6-7,14-15H2,1H3,(H2,23,24,26). The number of aromatic nitrogens is 2. The van der Waals surface area contributed by atoms with Gasteiger partial charge in [0.15, 0.2) is 5.96 Å². The van der Waals surface area contributed by atoms with Gasteiger partial charge in [-0.2, -0.15) is 0 Å². The van der Waals surface area contributed by atoms with Gasteiger partial charge in [-0.3, -0.25) is 4.99 Å². The second kappa shape index (κ2) is 8.25. The van der Waals surface area contributed by atoms with Crippen LogP contribution in [0, 0.1) is 0 Å². The number of hydrogen-bond donors (Lipinski definition) is 2. The van der Waals surface area contributed by atoms with Gasteiger partial charge in [0.1, 0.15) is 0 Å². The highest BCUT2D eigenvalue weighted by Crippen LogP contribution is 2.17. The summed E-state index contributed by atoms with van der Waals surface area (Å²) in [7, 11) is 1.84. The van der Waals surface area contributed by atoms with Gasteiger partial charge < -0.3 is 15.2 Å². The quantitative estimate of drug-likeness (QED) is 0.538. The summed E-state index contributed by atoms with van der Waals surface area (Å²) in [5.41, 5.74) is 4.74. The molecule has 5 nitrogen and oxygen atoms in total. The fourth-order valence-corrected chi connectivity index (χ4v) is 3.74. The molecule has 0 spiro atoms. The number of aliphatic imine (C=N–C) groups is 1. The van der Waals surface area contributed by atoms with E-state index in [0.29, 0.717) is 6.04 Å². The molecule has 4 rings (SSSR count). The molecule has 1 aromatic heterocycles. The van der Waals surface area contributed by atoms with E-state index >= 15 is 0 Å². The van der Waals surface area contributed by atoms with Crippen molar-refractivity contribution in [2.75, 3.05) is 7.05 Å². The largest absolute Gasteiger partial charge is 0.354 e. The minimum absolute atomic E-state index is 0.573. The molecule has 1 heterocycles. The van der Waals surface area contributed by atoms with Crippen LogP contribution in [0.2, 0.25) is 0 Å². The van der Waals surface area contributed by atoms with Crippen LogP contribution in [0.1, 0.15) is 36.8 Å². The SMILES string of the molecule is CN=C(NCc1ccc(Cn2cnc3ccccc32)cc1)NC1CCCC1. The zero-order valence-corrected chi connectivity index (χ0v) is 15.9. The highest BCUT2D eigenvalue weighted by atomic mass is 15.2. The molecule has 0 unspecified atom stereocenters. The van der Waals surface area contributed by atoms with Crippen LogP contribution in [0.15, 0.2) is 59.9 Å². The fraction of sp³-hybridized carbons (Fsp3) is 0.364. The topological polar surface area (TPSA) is 54.2 Å². The first-order valence-electron chi connectivity index (χ1n) is 9.77. The third-order valence-corrected chi connectivity index (χ3v) is 5.28. The van der Waals surface area contributed by atoms with E-state index in [0.717, 1.165) is 24.6 Å². The second-order valence-corrected chi connectivity index (χ2v) is 7.23. The molecule has 1 aliphatic carbocycles. The van der Waals surface area contributed by atoms with Crippen molar-refractivity contribution in [3.63, 3.8) is 0 Å². The van der Waals surface area contributed by atoms with E-state index < -0.39 is 0 Å². The third kappa shape index (κ3) is 4.30. The maximum atomic E-state index is 4.47. The summed E-state index contributed by atoms with van der Waals surface area (Å²) < 4.78 is 2.19. The first kappa shape index (κ1) is 17.6. The van der Waals surface area contributed by atoms with Gasteiger partial charge >= 0.3 is 0 Å². The fourth-order valence-electron chi connectivity index (χ4n) is 3.74. The predicted molar refractivity (Wildman–Crippen MR) is 111 cm³/mol. The molecule has 1 fully saturated rings.